The predicted molar refractivity (Wildman–Crippen MR) is 62.2 cm³/mol. The van der Waals surface area contributed by atoms with E-state index in [1.54, 1.807) is 24.3 Å². The fourth-order valence-corrected chi connectivity index (χ4v) is 1.56. The molecule has 0 saturated carbocycles. The van der Waals surface area contributed by atoms with Crippen LogP contribution in [0.15, 0.2) is 35.7 Å². The number of benzene rings is 1. The van der Waals surface area contributed by atoms with Crippen LogP contribution < -0.4 is 10.1 Å². The van der Waals surface area contributed by atoms with Crippen molar-refractivity contribution < 1.29 is 24.2 Å². The van der Waals surface area contributed by atoms with E-state index in [-0.39, 0.29) is 18.1 Å². The van der Waals surface area contributed by atoms with Gasteiger partial charge in [0.15, 0.2) is 12.2 Å². The molecule has 0 atom stereocenters. The number of nitrogens with one attached hydrogen (secondary N) is 1. The van der Waals surface area contributed by atoms with Crippen molar-refractivity contribution in [1.82, 2.24) is 0 Å². The van der Waals surface area contributed by atoms with E-state index >= 15 is 0 Å². The molecule has 1 aliphatic heterocycles. The van der Waals surface area contributed by atoms with Crippen LogP contribution in [0.3, 0.4) is 0 Å². The second-order valence-corrected chi connectivity index (χ2v) is 3.58. The third-order valence-electron chi connectivity index (χ3n) is 2.39. The lowest BCUT2D eigenvalue weighted by Gasteiger charge is -2.08. The fraction of sp³-hybridized carbons (Fsp3) is 0.167. The Bertz CT molecular complexity index is 535. The van der Waals surface area contributed by atoms with Gasteiger partial charge in [-0.15, -0.1) is 0 Å². The molecular weight excluding hydrogens is 238 g/mol. The highest BCUT2D eigenvalue weighted by Crippen LogP contribution is 2.22. The van der Waals surface area contributed by atoms with E-state index in [0.29, 0.717) is 11.4 Å². The monoisotopic (exact) mass is 249 g/mol. The van der Waals surface area contributed by atoms with E-state index in [1.165, 1.54) is 7.11 Å². The standard InChI is InChI=1S/C12H11NO5/c1-17-8-4-2-3-7(5-8)13-11-10(12(15)16)9(14)6-18-11/h2-5,13H,6H2,1H3,(H,15,16). The van der Waals surface area contributed by atoms with Crippen LogP contribution in [-0.2, 0) is 14.3 Å². The highest BCUT2D eigenvalue weighted by Gasteiger charge is 2.30. The van der Waals surface area contributed by atoms with Gasteiger partial charge in [-0.2, -0.15) is 0 Å². The van der Waals surface area contributed by atoms with Gasteiger partial charge in [0.2, 0.25) is 11.7 Å². The topological polar surface area (TPSA) is 84.9 Å². The average Bonchev–Trinajstić information content (AvgIpc) is 2.70. The van der Waals surface area contributed by atoms with Crippen LogP contribution in [0.25, 0.3) is 0 Å². The van der Waals surface area contributed by atoms with Crippen LogP contribution in [0.1, 0.15) is 0 Å². The number of rotatable bonds is 4. The second-order valence-electron chi connectivity index (χ2n) is 3.58. The Morgan fingerprint density at radius 1 is 1.50 bits per heavy atom. The normalized spacial score (nSPS) is 14.4. The summed E-state index contributed by atoms with van der Waals surface area (Å²) in [6.07, 6.45) is 0. The molecule has 2 N–H and O–H groups in total. The van der Waals surface area contributed by atoms with Crippen molar-refractivity contribution >= 4 is 17.4 Å². The van der Waals surface area contributed by atoms with E-state index in [2.05, 4.69) is 5.32 Å². The summed E-state index contributed by atoms with van der Waals surface area (Å²) in [5.74, 6) is -1.28. The van der Waals surface area contributed by atoms with Crippen molar-refractivity contribution in [2.75, 3.05) is 19.0 Å². The summed E-state index contributed by atoms with van der Waals surface area (Å²) >= 11 is 0. The van der Waals surface area contributed by atoms with Crippen LogP contribution in [-0.4, -0.2) is 30.6 Å². The molecule has 1 aromatic rings. The first-order valence-electron chi connectivity index (χ1n) is 5.16. The first-order chi connectivity index (χ1) is 8.61. The summed E-state index contributed by atoms with van der Waals surface area (Å²) in [4.78, 5) is 22.2. The van der Waals surface area contributed by atoms with Gasteiger partial charge in [-0.1, -0.05) is 6.07 Å². The number of carboxylic acids is 1. The Morgan fingerprint density at radius 3 is 2.94 bits per heavy atom. The Hall–Kier alpha value is -2.50. The smallest absolute Gasteiger partial charge is 0.344 e. The van der Waals surface area contributed by atoms with Crippen LogP contribution in [0.4, 0.5) is 5.69 Å². The lowest BCUT2D eigenvalue weighted by molar-refractivity contribution is -0.134. The van der Waals surface area contributed by atoms with E-state index in [4.69, 9.17) is 14.6 Å². The predicted octanol–water partition coefficient (Wildman–Crippen LogP) is 1.00. The van der Waals surface area contributed by atoms with Gasteiger partial charge in [0.05, 0.1) is 7.11 Å². The van der Waals surface area contributed by atoms with Gasteiger partial charge in [0.1, 0.15) is 5.75 Å². The molecule has 1 heterocycles. The molecule has 0 bridgehead atoms. The molecule has 0 unspecified atom stereocenters. The number of ketones is 1. The number of hydrogen-bond acceptors (Lipinski definition) is 5. The summed E-state index contributed by atoms with van der Waals surface area (Å²) in [5, 5.41) is 11.7. The maximum absolute atomic E-state index is 11.3. The number of aliphatic carboxylic acids is 1. The minimum Gasteiger partial charge on any atom is -0.497 e. The van der Waals surface area contributed by atoms with Crippen molar-refractivity contribution in [3.63, 3.8) is 0 Å². The number of anilines is 1. The van der Waals surface area contributed by atoms with E-state index in [9.17, 15) is 9.59 Å². The van der Waals surface area contributed by atoms with E-state index < -0.39 is 11.8 Å². The molecule has 18 heavy (non-hydrogen) atoms. The number of carbonyl (C=O) groups excluding carboxylic acids is 1. The Kier molecular flexibility index (Phi) is 3.18. The molecule has 0 amide bonds. The van der Waals surface area contributed by atoms with Gasteiger partial charge in [-0.3, -0.25) is 4.79 Å². The Labute approximate surface area is 103 Å². The van der Waals surface area contributed by atoms with Crippen molar-refractivity contribution in [2.45, 2.75) is 0 Å². The van der Waals surface area contributed by atoms with Crippen molar-refractivity contribution in [2.24, 2.45) is 0 Å². The highest BCUT2D eigenvalue weighted by atomic mass is 16.5. The second kappa shape index (κ2) is 4.79. The van der Waals surface area contributed by atoms with Crippen LogP contribution >= 0.6 is 0 Å². The van der Waals surface area contributed by atoms with Gasteiger partial charge < -0.3 is 19.9 Å². The summed E-state index contributed by atoms with van der Waals surface area (Å²) in [5.41, 5.74) is 0.218. The van der Waals surface area contributed by atoms with Gasteiger partial charge in [0.25, 0.3) is 0 Å². The van der Waals surface area contributed by atoms with Crippen molar-refractivity contribution in [3.05, 3.63) is 35.7 Å². The van der Waals surface area contributed by atoms with E-state index in [1.807, 2.05) is 0 Å². The van der Waals surface area contributed by atoms with Gasteiger partial charge in [-0.25, -0.2) is 4.79 Å². The van der Waals surface area contributed by atoms with E-state index in [0.717, 1.165) is 0 Å². The molecule has 0 radical (unpaired) electrons. The van der Waals surface area contributed by atoms with Crippen molar-refractivity contribution in [1.29, 1.82) is 0 Å². The third kappa shape index (κ3) is 2.27. The number of methoxy groups -OCH3 is 1. The zero-order valence-corrected chi connectivity index (χ0v) is 9.60. The van der Waals surface area contributed by atoms with Crippen LogP contribution in [0.5, 0.6) is 5.75 Å². The van der Waals surface area contributed by atoms with Crippen LogP contribution in [0, 0.1) is 0 Å². The number of ether oxygens (including phenoxy) is 2. The quantitative estimate of drug-likeness (QED) is 0.774. The molecule has 0 fully saturated rings. The first kappa shape index (κ1) is 12.0. The molecule has 0 saturated heterocycles. The summed E-state index contributed by atoms with van der Waals surface area (Å²) < 4.78 is 10.0. The average molecular weight is 249 g/mol. The molecule has 0 aromatic heterocycles. The Balaban J connectivity index is 2.27. The fourth-order valence-electron chi connectivity index (χ4n) is 1.56. The zero-order chi connectivity index (χ0) is 13.1. The van der Waals surface area contributed by atoms with Gasteiger partial charge in [0, 0.05) is 11.8 Å². The zero-order valence-electron chi connectivity index (χ0n) is 9.60. The molecule has 94 valence electrons. The lowest BCUT2D eigenvalue weighted by Crippen LogP contribution is -2.12. The third-order valence-corrected chi connectivity index (χ3v) is 2.39. The van der Waals surface area contributed by atoms with Gasteiger partial charge in [-0.05, 0) is 12.1 Å². The molecule has 0 spiro atoms. The Morgan fingerprint density at radius 2 is 2.28 bits per heavy atom. The van der Waals surface area contributed by atoms with Crippen LogP contribution in [0.2, 0.25) is 0 Å². The molecule has 6 heteroatoms. The maximum Gasteiger partial charge on any atom is 0.344 e. The lowest BCUT2D eigenvalue weighted by atomic mass is 10.2. The first-order valence-corrected chi connectivity index (χ1v) is 5.16. The number of carbonyl (C=O) groups is 2. The SMILES string of the molecule is COc1cccc(NC2=C(C(=O)O)C(=O)CO2)c1. The number of hydrogen-bond donors (Lipinski definition) is 2. The highest BCUT2D eigenvalue weighted by molar-refractivity contribution is 6.19. The molecule has 6 nitrogen and oxygen atoms in total. The molecule has 2 rings (SSSR count). The number of carboxylic acid groups (broad SMARTS) is 1. The maximum atomic E-state index is 11.3. The molecule has 0 aliphatic carbocycles. The summed E-state index contributed by atoms with van der Waals surface area (Å²) in [7, 11) is 1.52. The minimum absolute atomic E-state index is 0.0410. The summed E-state index contributed by atoms with van der Waals surface area (Å²) in [6.45, 7) is -0.256. The number of Topliss-reactive ketones (excluding diaryl/α,β-unsaturated/α-hetero) is 1. The van der Waals surface area contributed by atoms with Gasteiger partial charge >= 0.3 is 5.97 Å². The molecular formula is C12H11NO5. The van der Waals surface area contributed by atoms with Crippen molar-refractivity contribution in [3.8, 4) is 5.75 Å². The summed E-state index contributed by atoms with van der Waals surface area (Å²) in [6, 6.07) is 6.86. The molecule has 1 aliphatic rings. The molecule has 1 aromatic carbocycles. The largest absolute Gasteiger partial charge is 0.497 e. The minimum atomic E-state index is -1.30.